The first-order valence-corrected chi connectivity index (χ1v) is 9.95. The number of hydrogen-bond acceptors (Lipinski definition) is 1. The molecule has 0 saturated carbocycles. The van der Waals surface area contributed by atoms with E-state index < -0.39 is 20.3 Å². The van der Waals surface area contributed by atoms with E-state index in [-0.39, 0.29) is 4.70 Å². The van der Waals surface area contributed by atoms with Gasteiger partial charge in [0.2, 0.25) is 0 Å². The molecule has 0 aliphatic rings. The maximum atomic E-state index is 9.91. The van der Waals surface area contributed by atoms with Crippen LogP contribution in [0, 0.1) is 0 Å². The average molecular weight is 408 g/mol. The Morgan fingerprint density at radius 1 is 0.900 bits per heavy atom. The number of nitrogens with zero attached hydrogens (tertiary/aromatic N) is 2. The van der Waals surface area contributed by atoms with Crippen molar-refractivity contribution in [1.82, 2.24) is 4.98 Å². The van der Waals surface area contributed by atoms with Gasteiger partial charge < -0.3 is 0 Å². The molecule has 0 fully saturated rings. The second-order valence-electron chi connectivity index (χ2n) is 3.54. The summed E-state index contributed by atoms with van der Waals surface area (Å²) in [4.78, 5) is 3.97. The first-order valence-electron chi connectivity index (χ1n) is 5.13. The van der Waals surface area contributed by atoms with Crippen LogP contribution in [0.15, 0.2) is 55.1 Å². The summed E-state index contributed by atoms with van der Waals surface area (Å²) in [5.74, 6) is 0. The van der Waals surface area contributed by atoms with Gasteiger partial charge in [-0.15, -0.1) is 0 Å². The van der Waals surface area contributed by atoms with Crippen LogP contribution in [0.5, 0.6) is 0 Å². The van der Waals surface area contributed by atoms with E-state index >= 15 is 0 Å². The Kier molecular flexibility index (Phi) is 6.99. The zero-order chi connectivity index (χ0) is 14.4. The molecular formula is C11H12F6N2Sb+. The van der Waals surface area contributed by atoms with Crippen LogP contribution in [-0.2, 0) is 6.54 Å². The Morgan fingerprint density at radius 2 is 1.35 bits per heavy atom. The normalized spacial score (nSPS) is 12.2. The van der Waals surface area contributed by atoms with Crippen LogP contribution < -0.4 is 4.57 Å². The van der Waals surface area contributed by atoms with Gasteiger partial charge in [0.15, 0.2) is 18.9 Å². The Balaban J connectivity index is 0.000000448. The summed E-state index contributed by atoms with van der Waals surface area (Å²) in [6, 6.07) is 10.4. The third kappa shape index (κ3) is 11.8. The average Bonchev–Trinajstić information content (AvgIpc) is 2.28. The third-order valence-electron chi connectivity index (χ3n) is 1.90. The maximum absolute atomic E-state index is 9.91. The van der Waals surface area contributed by atoms with Crippen LogP contribution in [0.3, 0.4) is 0 Å². The molecule has 0 atom stereocenters. The van der Waals surface area contributed by atoms with E-state index in [1.807, 2.05) is 18.5 Å². The standard InChI is InChI=1S/C11H11N2.6FH.Sb/c1-2-4-11(5-3-1)10-13-8-6-12-7-9-13;;;;;;;/h1-9H,10H2;6*1H;/q+1;;;;;;;+5/p-5. The number of aromatic nitrogens is 2. The van der Waals surface area contributed by atoms with Crippen LogP contribution in [0.2, 0.25) is 0 Å². The quantitative estimate of drug-likeness (QED) is 0.424. The first kappa shape index (κ1) is 18.7. The van der Waals surface area contributed by atoms with Gasteiger partial charge >= 0.3 is 34.4 Å². The largest absolute Gasteiger partial charge is 0.252 e. The molecular weight excluding hydrogens is 396 g/mol. The molecule has 0 N–H and O–H groups in total. The summed E-state index contributed by atoms with van der Waals surface area (Å²) < 4.78 is 51.6. The van der Waals surface area contributed by atoms with Crippen molar-refractivity contribution in [2.75, 3.05) is 0 Å². The van der Waals surface area contributed by atoms with Crippen molar-refractivity contribution >= 4 is 20.3 Å². The topological polar surface area (TPSA) is 16.8 Å². The fourth-order valence-electron chi connectivity index (χ4n) is 1.25. The van der Waals surface area contributed by atoms with Crippen LogP contribution in [0.4, 0.5) is 18.8 Å². The molecule has 0 radical (unpaired) electrons. The molecule has 0 unspecified atom stereocenters. The molecule has 1 aromatic carbocycles. The van der Waals surface area contributed by atoms with Gasteiger partial charge in [-0.1, -0.05) is 30.3 Å². The molecule has 1 aromatic heterocycles. The van der Waals surface area contributed by atoms with Gasteiger partial charge in [-0.2, -0.15) is 4.57 Å². The van der Waals surface area contributed by atoms with Crippen molar-refractivity contribution in [3.05, 3.63) is 60.7 Å². The number of rotatable bonds is 2. The van der Waals surface area contributed by atoms with E-state index in [9.17, 15) is 14.1 Å². The van der Waals surface area contributed by atoms with E-state index in [0.29, 0.717) is 0 Å². The molecule has 2 nitrogen and oxygen atoms in total. The van der Waals surface area contributed by atoms with Gasteiger partial charge in [-0.05, 0) is 0 Å². The molecule has 112 valence electrons. The summed E-state index contributed by atoms with van der Waals surface area (Å²) in [6.07, 6.45) is 7.52. The van der Waals surface area contributed by atoms with Gasteiger partial charge in [0.25, 0.3) is 0 Å². The zero-order valence-electron chi connectivity index (χ0n) is 10.0. The third-order valence-corrected chi connectivity index (χ3v) is 1.90. The molecule has 2 rings (SSSR count). The van der Waals surface area contributed by atoms with Crippen LogP contribution >= 0.6 is 0 Å². The molecule has 0 spiro atoms. The molecule has 0 bridgehead atoms. The summed E-state index contributed by atoms with van der Waals surface area (Å²) >= 11 is -9.19. The second-order valence-corrected chi connectivity index (χ2v) is 7.19. The van der Waals surface area contributed by atoms with Gasteiger partial charge in [0.1, 0.15) is 0 Å². The van der Waals surface area contributed by atoms with Crippen LogP contribution in [0.1, 0.15) is 5.56 Å². The molecule has 9 heteroatoms. The SMILES string of the molecule is F.[F][Sb]([F])([F])([F])[F].c1ccc(C[n+]2ccncc2)cc1. The molecule has 2 aromatic rings. The van der Waals surface area contributed by atoms with Crippen molar-refractivity contribution < 1.29 is 23.3 Å². The van der Waals surface area contributed by atoms with Crippen molar-refractivity contribution in [2.24, 2.45) is 0 Å². The predicted molar refractivity (Wildman–Crippen MR) is 63.8 cm³/mol. The Labute approximate surface area is 116 Å². The second kappa shape index (κ2) is 7.47. The fourth-order valence-corrected chi connectivity index (χ4v) is 1.25. The van der Waals surface area contributed by atoms with Crippen LogP contribution in [0.25, 0.3) is 0 Å². The number of hydrogen-bond donors (Lipinski definition) is 0. The minimum atomic E-state index is -9.19. The first-order chi connectivity index (χ1) is 8.69. The van der Waals surface area contributed by atoms with Gasteiger partial charge in [0.05, 0.1) is 12.4 Å². The Bertz CT molecular complexity index is 446. The van der Waals surface area contributed by atoms with Gasteiger partial charge in [0, 0.05) is 5.56 Å². The molecule has 20 heavy (non-hydrogen) atoms. The summed E-state index contributed by atoms with van der Waals surface area (Å²) in [6.45, 7) is 0.906. The summed E-state index contributed by atoms with van der Waals surface area (Å²) in [7, 11) is 0. The summed E-state index contributed by atoms with van der Waals surface area (Å²) in [5, 5.41) is 0. The van der Waals surface area contributed by atoms with E-state index in [1.165, 1.54) is 5.56 Å². The predicted octanol–water partition coefficient (Wildman–Crippen LogP) is 3.29. The van der Waals surface area contributed by atoms with E-state index in [2.05, 4.69) is 33.8 Å². The van der Waals surface area contributed by atoms with Crippen molar-refractivity contribution in [3.63, 3.8) is 0 Å². The molecule has 0 saturated heterocycles. The maximum Gasteiger partial charge on any atom is 0.187 e. The fraction of sp³-hybridized carbons (Fsp3) is 0.0909. The minimum absolute atomic E-state index is 0. The monoisotopic (exact) mass is 407 g/mol. The molecule has 0 aliphatic heterocycles. The number of halogens is 6. The Hall–Kier alpha value is -1.30. The van der Waals surface area contributed by atoms with E-state index in [4.69, 9.17) is 0 Å². The van der Waals surface area contributed by atoms with Gasteiger partial charge in [-0.3, -0.25) is 9.69 Å². The van der Waals surface area contributed by atoms with E-state index in [0.717, 1.165) is 6.54 Å². The molecule has 0 aliphatic carbocycles. The Morgan fingerprint density at radius 3 is 1.80 bits per heavy atom. The van der Waals surface area contributed by atoms with Crippen molar-refractivity contribution in [1.29, 1.82) is 0 Å². The molecule has 1 heterocycles. The van der Waals surface area contributed by atoms with Crippen molar-refractivity contribution in [2.45, 2.75) is 6.54 Å². The van der Waals surface area contributed by atoms with E-state index in [1.54, 1.807) is 12.4 Å². The molecule has 0 amide bonds. The van der Waals surface area contributed by atoms with Gasteiger partial charge in [-0.25, -0.2) is 0 Å². The summed E-state index contributed by atoms with van der Waals surface area (Å²) in [5.41, 5.74) is 1.30. The van der Waals surface area contributed by atoms with Crippen molar-refractivity contribution in [3.8, 4) is 0 Å². The minimum Gasteiger partial charge on any atom is -0.252 e. The smallest absolute Gasteiger partial charge is 0.187 e. The number of benzene rings is 1. The van der Waals surface area contributed by atoms with Crippen LogP contribution in [-0.4, -0.2) is 25.3 Å². The zero-order valence-corrected chi connectivity index (χ0v) is 12.6.